The second-order valence-corrected chi connectivity index (χ2v) is 4.67. The van der Waals surface area contributed by atoms with Gasteiger partial charge in [0.1, 0.15) is 0 Å². The van der Waals surface area contributed by atoms with Crippen molar-refractivity contribution in [1.82, 2.24) is 4.90 Å². The fourth-order valence-corrected chi connectivity index (χ4v) is 2.12. The smallest absolute Gasteiger partial charge is 0.253 e. The van der Waals surface area contributed by atoms with E-state index in [1.165, 1.54) is 0 Å². The van der Waals surface area contributed by atoms with Crippen LogP contribution in [0.15, 0.2) is 24.3 Å². The molecule has 1 heterocycles. The van der Waals surface area contributed by atoms with Gasteiger partial charge >= 0.3 is 0 Å². The van der Waals surface area contributed by atoms with Crippen molar-refractivity contribution in [3.05, 3.63) is 35.4 Å². The Hall–Kier alpha value is -1.82. The van der Waals surface area contributed by atoms with Gasteiger partial charge in [0.2, 0.25) is 0 Å². The molecule has 0 saturated carbocycles. The summed E-state index contributed by atoms with van der Waals surface area (Å²) >= 11 is 0. The average Bonchev–Trinajstić information content (AvgIpc) is 2.39. The number of amides is 1. The van der Waals surface area contributed by atoms with Gasteiger partial charge in [-0.1, -0.05) is 13.0 Å². The number of hydrogen-bond acceptors (Lipinski definition) is 2. The van der Waals surface area contributed by atoms with Crippen LogP contribution in [0, 0.1) is 17.2 Å². The molecule has 0 spiro atoms. The van der Waals surface area contributed by atoms with Crippen molar-refractivity contribution in [3.63, 3.8) is 0 Å². The zero-order valence-corrected chi connectivity index (χ0v) is 10.0. The van der Waals surface area contributed by atoms with Crippen LogP contribution in [0.5, 0.6) is 0 Å². The average molecular weight is 228 g/mol. The molecule has 0 atom stereocenters. The Morgan fingerprint density at radius 3 is 2.76 bits per heavy atom. The normalized spacial score (nSPS) is 16.6. The number of rotatable bonds is 1. The molecule has 0 aromatic heterocycles. The molecule has 88 valence electrons. The molecule has 2 rings (SSSR count). The second-order valence-electron chi connectivity index (χ2n) is 4.67. The van der Waals surface area contributed by atoms with E-state index in [4.69, 9.17) is 5.26 Å². The molecule has 0 unspecified atom stereocenters. The molecule has 0 bridgehead atoms. The van der Waals surface area contributed by atoms with Gasteiger partial charge in [0.15, 0.2) is 0 Å². The van der Waals surface area contributed by atoms with Crippen molar-refractivity contribution >= 4 is 5.91 Å². The van der Waals surface area contributed by atoms with Gasteiger partial charge in [-0.3, -0.25) is 4.79 Å². The van der Waals surface area contributed by atoms with Crippen molar-refractivity contribution in [2.75, 3.05) is 13.1 Å². The predicted octanol–water partition coefficient (Wildman–Crippen LogP) is 2.43. The van der Waals surface area contributed by atoms with Gasteiger partial charge in [-0.05, 0) is 37.0 Å². The van der Waals surface area contributed by atoms with Crippen LogP contribution >= 0.6 is 0 Å². The van der Waals surface area contributed by atoms with Crippen molar-refractivity contribution < 1.29 is 4.79 Å². The van der Waals surface area contributed by atoms with Gasteiger partial charge in [-0.25, -0.2) is 0 Å². The summed E-state index contributed by atoms with van der Waals surface area (Å²) in [5, 5.41) is 8.81. The highest BCUT2D eigenvalue weighted by molar-refractivity contribution is 5.94. The van der Waals surface area contributed by atoms with Crippen molar-refractivity contribution in [2.45, 2.75) is 19.8 Å². The number of nitriles is 1. The molecule has 1 aromatic rings. The Morgan fingerprint density at radius 1 is 1.41 bits per heavy atom. The molecule has 0 N–H and O–H groups in total. The second kappa shape index (κ2) is 5.01. The lowest BCUT2D eigenvalue weighted by atomic mass is 9.98. The van der Waals surface area contributed by atoms with Gasteiger partial charge in [0.05, 0.1) is 11.6 Å². The molecule has 0 radical (unpaired) electrons. The Balaban J connectivity index is 2.11. The van der Waals surface area contributed by atoms with Crippen molar-refractivity contribution in [1.29, 1.82) is 5.26 Å². The number of benzene rings is 1. The Kier molecular flexibility index (Phi) is 3.43. The highest BCUT2D eigenvalue weighted by Crippen LogP contribution is 2.18. The maximum Gasteiger partial charge on any atom is 0.253 e. The highest BCUT2D eigenvalue weighted by Gasteiger charge is 2.21. The minimum absolute atomic E-state index is 0.0500. The Morgan fingerprint density at radius 2 is 2.12 bits per heavy atom. The lowest BCUT2D eigenvalue weighted by Crippen LogP contribution is -2.37. The third-order valence-corrected chi connectivity index (χ3v) is 3.31. The lowest BCUT2D eigenvalue weighted by molar-refractivity contribution is 0.0697. The molecule has 1 saturated heterocycles. The molecule has 1 fully saturated rings. The molecule has 1 aliphatic rings. The zero-order valence-electron chi connectivity index (χ0n) is 10.0. The number of nitrogens with zero attached hydrogens (tertiary/aromatic N) is 2. The minimum atomic E-state index is 0.0500. The SMILES string of the molecule is CC1CCN(C(=O)c2cccc(C#N)c2)CC1. The quantitative estimate of drug-likeness (QED) is 0.741. The fourth-order valence-electron chi connectivity index (χ4n) is 2.12. The number of carbonyl (C=O) groups excluding carboxylic acids is 1. The summed E-state index contributed by atoms with van der Waals surface area (Å²) in [5.41, 5.74) is 1.17. The molecule has 3 nitrogen and oxygen atoms in total. The summed E-state index contributed by atoms with van der Waals surface area (Å²) in [7, 11) is 0. The summed E-state index contributed by atoms with van der Waals surface area (Å²) in [6, 6.07) is 8.99. The van der Waals surface area contributed by atoms with E-state index in [9.17, 15) is 4.79 Å². The van der Waals surface area contributed by atoms with Crippen molar-refractivity contribution in [2.24, 2.45) is 5.92 Å². The first-order valence-electron chi connectivity index (χ1n) is 6.00. The maximum absolute atomic E-state index is 12.2. The molecule has 1 aliphatic heterocycles. The molecule has 0 aliphatic carbocycles. The van der Waals surface area contributed by atoms with E-state index in [0.717, 1.165) is 25.9 Å². The summed E-state index contributed by atoms with van der Waals surface area (Å²) in [6.45, 7) is 3.88. The first-order valence-corrected chi connectivity index (χ1v) is 6.00. The fraction of sp³-hybridized carbons (Fsp3) is 0.429. The van der Waals surface area contributed by atoms with Crippen LogP contribution in [0.25, 0.3) is 0 Å². The molecule has 1 aromatic carbocycles. The van der Waals surface area contributed by atoms with E-state index in [2.05, 4.69) is 13.0 Å². The van der Waals surface area contributed by atoms with Gasteiger partial charge < -0.3 is 4.90 Å². The molecular weight excluding hydrogens is 212 g/mol. The summed E-state index contributed by atoms with van der Waals surface area (Å²) in [6.07, 6.45) is 2.15. The summed E-state index contributed by atoms with van der Waals surface area (Å²) in [4.78, 5) is 14.1. The van der Waals surface area contributed by atoms with E-state index < -0.39 is 0 Å². The largest absolute Gasteiger partial charge is 0.339 e. The monoisotopic (exact) mass is 228 g/mol. The molecule has 1 amide bonds. The van der Waals surface area contributed by atoms with Crippen LogP contribution in [-0.2, 0) is 0 Å². The minimum Gasteiger partial charge on any atom is -0.339 e. The highest BCUT2D eigenvalue weighted by atomic mass is 16.2. The molecule has 17 heavy (non-hydrogen) atoms. The van der Waals surface area contributed by atoms with E-state index in [0.29, 0.717) is 17.0 Å². The van der Waals surface area contributed by atoms with E-state index >= 15 is 0 Å². The van der Waals surface area contributed by atoms with Crippen LogP contribution in [0.1, 0.15) is 35.7 Å². The predicted molar refractivity (Wildman–Crippen MR) is 65.5 cm³/mol. The molecule has 3 heteroatoms. The first kappa shape index (κ1) is 11.7. The number of piperidine rings is 1. The topological polar surface area (TPSA) is 44.1 Å². The van der Waals surface area contributed by atoms with Crippen LogP contribution < -0.4 is 0 Å². The lowest BCUT2D eigenvalue weighted by Gasteiger charge is -2.30. The van der Waals surface area contributed by atoms with E-state index in [1.54, 1.807) is 24.3 Å². The summed E-state index contributed by atoms with van der Waals surface area (Å²) < 4.78 is 0. The van der Waals surface area contributed by atoms with Crippen LogP contribution in [0.2, 0.25) is 0 Å². The zero-order chi connectivity index (χ0) is 12.3. The number of likely N-dealkylation sites (tertiary alicyclic amines) is 1. The number of carbonyl (C=O) groups is 1. The molecular formula is C14H16N2O. The first-order chi connectivity index (χ1) is 8.20. The Bertz CT molecular complexity index is 454. The third kappa shape index (κ3) is 2.65. The van der Waals surface area contributed by atoms with E-state index in [1.807, 2.05) is 4.90 Å². The van der Waals surface area contributed by atoms with Gasteiger partial charge in [0.25, 0.3) is 5.91 Å². The van der Waals surface area contributed by atoms with Gasteiger partial charge in [-0.15, -0.1) is 0 Å². The van der Waals surface area contributed by atoms with E-state index in [-0.39, 0.29) is 5.91 Å². The van der Waals surface area contributed by atoms with Crippen LogP contribution in [0.3, 0.4) is 0 Å². The van der Waals surface area contributed by atoms with Crippen LogP contribution in [-0.4, -0.2) is 23.9 Å². The van der Waals surface area contributed by atoms with Crippen LogP contribution in [0.4, 0.5) is 0 Å². The third-order valence-electron chi connectivity index (χ3n) is 3.31. The van der Waals surface area contributed by atoms with Gasteiger partial charge in [-0.2, -0.15) is 5.26 Å². The maximum atomic E-state index is 12.2. The number of hydrogen-bond donors (Lipinski definition) is 0. The Labute approximate surface area is 102 Å². The standard InChI is InChI=1S/C14H16N2O/c1-11-5-7-16(8-6-11)14(17)13-4-2-3-12(9-13)10-15/h2-4,9,11H,5-8H2,1H3. The van der Waals surface area contributed by atoms with Gasteiger partial charge in [0, 0.05) is 18.7 Å². The summed E-state index contributed by atoms with van der Waals surface area (Å²) in [5.74, 6) is 0.762. The van der Waals surface area contributed by atoms with Crippen molar-refractivity contribution in [3.8, 4) is 6.07 Å².